The third-order valence-electron chi connectivity index (χ3n) is 3.96. The summed E-state index contributed by atoms with van der Waals surface area (Å²) in [4.78, 5) is 17.0. The predicted molar refractivity (Wildman–Crippen MR) is 87.8 cm³/mol. The van der Waals surface area contributed by atoms with E-state index in [-0.39, 0.29) is 17.9 Å². The van der Waals surface area contributed by atoms with Crippen molar-refractivity contribution >= 4 is 16.9 Å². The van der Waals surface area contributed by atoms with Gasteiger partial charge in [-0.25, -0.2) is 9.67 Å². The van der Waals surface area contributed by atoms with Gasteiger partial charge < -0.3 is 11.1 Å². The Balaban J connectivity index is 2.38. The van der Waals surface area contributed by atoms with Crippen LogP contribution in [0.2, 0.25) is 0 Å². The Kier molecular flexibility index (Phi) is 5.13. The second-order valence-corrected chi connectivity index (χ2v) is 5.95. The van der Waals surface area contributed by atoms with Crippen molar-refractivity contribution in [3.8, 4) is 0 Å². The van der Waals surface area contributed by atoms with E-state index >= 15 is 0 Å². The summed E-state index contributed by atoms with van der Waals surface area (Å²) in [5.74, 6) is 0.157. The van der Waals surface area contributed by atoms with Gasteiger partial charge >= 0.3 is 0 Å². The van der Waals surface area contributed by atoms with E-state index in [4.69, 9.17) is 5.73 Å². The highest BCUT2D eigenvalue weighted by Crippen LogP contribution is 2.22. The van der Waals surface area contributed by atoms with Crippen molar-refractivity contribution < 1.29 is 4.79 Å². The zero-order chi connectivity index (χ0) is 16.3. The molecule has 22 heavy (non-hydrogen) atoms. The van der Waals surface area contributed by atoms with Crippen LogP contribution < -0.4 is 11.1 Å². The summed E-state index contributed by atoms with van der Waals surface area (Å²) in [5, 5.41) is 8.15. The number of carbonyl (C=O) groups excluding carboxylic acids is 1. The molecule has 0 saturated heterocycles. The first-order valence-electron chi connectivity index (χ1n) is 7.81. The minimum Gasteiger partial charge on any atom is -0.352 e. The van der Waals surface area contributed by atoms with Gasteiger partial charge in [-0.05, 0) is 38.8 Å². The number of rotatable bonds is 6. The van der Waals surface area contributed by atoms with E-state index < -0.39 is 0 Å². The van der Waals surface area contributed by atoms with Crippen molar-refractivity contribution in [1.29, 1.82) is 0 Å². The Morgan fingerprint density at radius 1 is 1.45 bits per heavy atom. The van der Waals surface area contributed by atoms with E-state index in [1.165, 1.54) is 0 Å². The number of nitrogens with one attached hydrogen (secondary N) is 1. The monoisotopic (exact) mass is 303 g/mol. The molecule has 0 saturated carbocycles. The van der Waals surface area contributed by atoms with Gasteiger partial charge in [0, 0.05) is 12.2 Å². The number of fused-ring (bicyclic) bond motifs is 1. The van der Waals surface area contributed by atoms with E-state index in [0.29, 0.717) is 18.7 Å². The molecular weight excluding hydrogens is 278 g/mol. The lowest BCUT2D eigenvalue weighted by Gasteiger charge is -2.12. The van der Waals surface area contributed by atoms with Crippen LogP contribution in [-0.4, -0.2) is 33.8 Å². The van der Waals surface area contributed by atoms with Crippen molar-refractivity contribution in [1.82, 2.24) is 20.1 Å². The fraction of sp³-hybridized carbons (Fsp3) is 0.562. The van der Waals surface area contributed by atoms with Crippen LogP contribution in [0.15, 0.2) is 12.3 Å². The quantitative estimate of drug-likeness (QED) is 0.855. The van der Waals surface area contributed by atoms with Crippen LogP contribution >= 0.6 is 0 Å². The number of aryl methyl sites for hydroxylation is 1. The molecule has 2 atom stereocenters. The third-order valence-corrected chi connectivity index (χ3v) is 3.96. The largest absolute Gasteiger partial charge is 0.352 e. The average molecular weight is 303 g/mol. The number of nitrogens with zero attached hydrogens (tertiary/aromatic N) is 3. The standard InChI is InChI=1S/C16H25N5O/c1-5-12(4)21-15-14(9-19-21)13(6-11(3)20-15)16(22)18-8-10(2)7-17/h6,9-10,12H,5,7-8,17H2,1-4H3,(H,18,22). The predicted octanol–water partition coefficient (Wildman–Crippen LogP) is 2.04. The first-order valence-corrected chi connectivity index (χ1v) is 7.81. The molecule has 3 N–H and O–H groups in total. The molecule has 0 bridgehead atoms. The molecular formula is C16H25N5O. The van der Waals surface area contributed by atoms with Gasteiger partial charge in [-0.1, -0.05) is 13.8 Å². The molecule has 0 fully saturated rings. The molecule has 2 rings (SSSR count). The number of nitrogens with two attached hydrogens (primary N) is 1. The minimum atomic E-state index is -0.0977. The van der Waals surface area contributed by atoms with Gasteiger partial charge in [-0.2, -0.15) is 5.10 Å². The summed E-state index contributed by atoms with van der Waals surface area (Å²) in [6.45, 7) is 9.23. The van der Waals surface area contributed by atoms with Gasteiger partial charge in [0.1, 0.15) is 0 Å². The zero-order valence-corrected chi connectivity index (χ0v) is 13.8. The van der Waals surface area contributed by atoms with Crippen LogP contribution in [0.3, 0.4) is 0 Å². The van der Waals surface area contributed by atoms with Gasteiger partial charge in [0.05, 0.1) is 23.2 Å². The summed E-state index contributed by atoms with van der Waals surface area (Å²) < 4.78 is 1.89. The molecule has 0 aromatic carbocycles. The molecule has 6 nitrogen and oxygen atoms in total. The topological polar surface area (TPSA) is 85.8 Å². The number of amides is 1. The average Bonchev–Trinajstić information content (AvgIpc) is 2.94. The number of aromatic nitrogens is 3. The number of hydrogen-bond acceptors (Lipinski definition) is 4. The maximum absolute atomic E-state index is 12.5. The van der Waals surface area contributed by atoms with E-state index in [0.717, 1.165) is 23.1 Å². The lowest BCUT2D eigenvalue weighted by molar-refractivity contribution is 0.0950. The molecule has 6 heteroatoms. The summed E-state index contributed by atoms with van der Waals surface area (Å²) in [5.41, 5.74) is 7.80. The second-order valence-electron chi connectivity index (χ2n) is 5.95. The fourth-order valence-electron chi connectivity index (χ4n) is 2.27. The zero-order valence-electron chi connectivity index (χ0n) is 13.8. The Labute approximate surface area is 131 Å². The molecule has 120 valence electrons. The first kappa shape index (κ1) is 16.4. The lowest BCUT2D eigenvalue weighted by Crippen LogP contribution is -2.31. The lowest BCUT2D eigenvalue weighted by atomic mass is 10.1. The summed E-state index contributed by atoms with van der Waals surface area (Å²) in [7, 11) is 0. The number of hydrogen-bond donors (Lipinski definition) is 2. The molecule has 2 heterocycles. The Morgan fingerprint density at radius 3 is 2.82 bits per heavy atom. The Morgan fingerprint density at radius 2 is 2.18 bits per heavy atom. The molecule has 0 aliphatic carbocycles. The van der Waals surface area contributed by atoms with Crippen LogP contribution in [0.4, 0.5) is 0 Å². The van der Waals surface area contributed by atoms with Crippen LogP contribution in [0.1, 0.15) is 49.3 Å². The van der Waals surface area contributed by atoms with E-state index in [1.54, 1.807) is 6.20 Å². The normalized spacial score (nSPS) is 14.0. The van der Waals surface area contributed by atoms with Crippen LogP contribution in [0.5, 0.6) is 0 Å². The van der Waals surface area contributed by atoms with Crippen LogP contribution in [-0.2, 0) is 0 Å². The molecule has 2 aromatic rings. The maximum atomic E-state index is 12.5. The molecule has 0 aliphatic heterocycles. The Hall–Kier alpha value is -1.95. The van der Waals surface area contributed by atoms with Crippen molar-refractivity contribution in [2.45, 2.75) is 40.2 Å². The van der Waals surface area contributed by atoms with Gasteiger partial charge in [-0.15, -0.1) is 0 Å². The van der Waals surface area contributed by atoms with Gasteiger partial charge in [0.25, 0.3) is 5.91 Å². The number of pyridine rings is 1. The summed E-state index contributed by atoms with van der Waals surface area (Å²) in [6, 6.07) is 2.06. The number of carbonyl (C=O) groups is 1. The van der Waals surface area contributed by atoms with Gasteiger partial charge in [0.2, 0.25) is 0 Å². The second kappa shape index (κ2) is 6.87. The van der Waals surface area contributed by atoms with Crippen molar-refractivity contribution in [3.63, 3.8) is 0 Å². The van der Waals surface area contributed by atoms with E-state index in [1.807, 2.05) is 24.6 Å². The first-order chi connectivity index (χ1) is 10.5. The summed E-state index contributed by atoms with van der Waals surface area (Å²) in [6.07, 6.45) is 2.69. The highest BCUT2D eigenvalue weighted by Gasteiger charge is 2.17. The molecule has 0 aliphatic rings. The molecule has 0 radical (unpaired) electrons. The van der Waals surface area contributed by atoms with Crippen molar-refractivity contribution in [3.05, 3.63) is 23.5 Å². The minimum absolute atomic E-state index is 0.0977. The maximum Gasteiger partial charge on any atom is 0.252 e. The molecule has 2 unspecified atom stereocenters. The Bertz CT molecular complexity index is 664. The molecule has 2 aromatic heterocycles. The van der Waals surface area contributed by atoms with Gasteiger partial charge in [-0.3, -0.25) is 4.79 Å². The van der Waals surface area contributed by atoms with Crippen LogP contribution in [0, 0.1) is 12.8 Å². The van der Waals surface area contributed by atoms with Crippen LogP contribution in [0.25, 0.3) is 11.0 Å². The smallest absolute Gasteiger partial charge is 0.252 e. The SMILES string of the molecule is CCC(C)n1ncc2c(C(=O)NCC(C)CN)cc(C)nc21. The third kappa shape index (κ3) is 3.27. The van der Waals surface area contributed by atoms with Crippen molar-refractivity contribution in [2.75, 3.05) is 13.1 Å². The molecule has 0 spiro atoms. The molecule has 1 amide bonds. The van der Waals surface area contributed by atoms with Crippen molar-refractivity contribution in [2.24, 2.45) is 11.7 Å². The highest BCUT2D eigenvalue weighted by atomic mass is 16.1. The van der Waals surface area contributed by atoms with E-state index in [9.17, 15) is 4.79 Å². The fourth-order valence-corrected chi connectivity index (χ4v) is 2.27. The van der Waals surface area contributed by atoms with E-state index in [2.05, 4.69) is 29.2 Å². The van der Waals surface area contributed by atoms with Gasteiger partial charge in [0.15, 0.2) is 5.65 Å². The highest BCUT2D eigenvalue weighted by molar-refractivity contribution is 6.05. The summed E-state index contributed by atoms with van der Waals surface area (Å²) >= 11 is 0.